The van der Waals surface area contributed by atoms with Gasteiger partial charge in [-0.25, -0.2) is 0 Å². The van der Waals surface area contributed by atoms with Crippen LogP contribution >= 0.6 is 23.2 Å². The molecule has 0 bridgehead atoms. The topological polar surface area (TPSA) is 49.4 Å². The van der Waals surface area contributed by atoms with Crippen LogP contribution in [0.4, 0.5) is 0 Å². The molecule has 0 fully saturated rings. The van der Waals surface area contributed by atoms with Crippen LogP contribution < -0.4 is 5.32 Å². The summed E-state index contributed by atoms with van der Waals surface area (Å²) in [6, 6.07) is 22.1. The van der Waals surface area contributed by atoms with Crippen molar-refractivity contribution >= 4 is 35.0 Å². The average Bonchev–Trinajstić information content (AvgIpc) is 2.78. The highest BCUT2D eigenvalue weighted by Gasteiger charge is 2.30. The molecule has 33 heavy (non-hydrogen) atoms. The van der Waals surface area contributed by atoms with Crippen molar-refractivity contribution in [3.8, 4) is 0 Å². The largest absolute Gasteiger partial charge is 0.355 e. The molecule has 0 spiro atoms. The third-order valence-corrected chi connectivity index (χ3v) is 6.00. The SMILES string of the molecule is CCNC(=O)C(Cc1ccccc1)N(Cc1ccc(Cl)cc1Cl)C(=O)Cc1cccc(C)c1. The van der Waals surface area contributed by atoms with E-state index in [9.17, 15) is 9.59 Å². The molecule has 0 heterocycles. The van der Waals surface area contributed by atoms with Crippen molar-refractivity contribution in [1.82, 2.24) is 10.2 Å². The van der Waals surface area contributed by atoms with Crippen LogP contribution in [-0.4, -0.2) is 29.3 Å². The molecule has 3 rings (SSSR count). The second-order valence-corrected chi connectivity index (χ2v) is 8.87. The van der Waals surface area contributed by atoms with Crippen LogP contribution in [0, 0.1) is 6.92 Å². The summed E-state index contributed by atoms with van der Waals surface area (Å²) in [7, 11) is 0. The van der Waals surface area contributed by atoms with Gasteiger partial charge < -0.3 is 10.2 Å². The van der Waals surface area contributed by atoms with Crippen LogP contribution in [0.3, 0.4) is 0 Å². The van der Waals surface area contributed by atoms with Gasteiger partial charge in [-0.05, 0) is 42.7 Å². The van der Waals surface area contributed by atoms with Crippen LogP contribution in [0.2, 0.25) is 10.0 Å². The Morgan fingerprint density at radius 3 is 2.33 bits per heavy atom. The molecule has 3 aromatic rings. The van der Waals surface area contributed by atoms with Crippen LogP contribution in [0.15, 0.2) is 72.8 Å². The normalized spacial score (nSPS) is 11.6. The summed E-state index contributed by atoms with van der Waals surface area (Å²) in [4.78, 5) is 28.4. The number of amides is 2. The molecular weight excluding hydrogens is 455 g/mol. The van der Waals surface area contributed by atoms with Crippen molar-refractivity contribution in [3.63, 3.8) is 0 Å². The second-order valence-electron chi connectivity index (χ2n) is 8.02. The lowest BCUT2D eigenvalue weighted by atomic mass is 10.0. The number of carbonyl (C=O) groups is 2. The second kappa shape index (κ2) is 11.9. The molecule has 2 amide bonds. The van der Waals surface area contributed by atoms with Crippen LogP contribution in [0.5, 0.6) is 0 Å². The van der Waals surface area contributed by atoms with Gasteiger partial charge in [-0.15, -0.1) is 0 Å². The predicted molar refractivity (Wildman–Crippen MR) is 135 cm³/mol. The minimum Gasteiger partial charge on any atom is -0.355 e. The molecule has 0 aliphatic rings. The van der Waals surface area contributed by atoms with Gasteiger partial charge in [0.1, 0.15) is 6.04 Å². The number of rotatable bonds is 9. The summed E-state index contributed by atoms with van der Waals surface area (Å²) in [5.74, 6) is -0.331. The van der Waals surface area contributed by atoms with Gasteiger partial charge in [0.2, 0.25) is 11.8 Å². The Morgan fingerprint density at radius 2 is 1.67 bits per heavy atom. The van der Waals surface area contributed by atoms with Gasteiger partial charge in [0.25, 0.3) is 0 Å². The Morgan fingerprint density at radius 1 is 0.939 bits per heavy atom. The lowest BCUT2D eigenvalue weighted by Gasteiger charge is -2.32. The Balaban J connectivity index is 1.98. The number of nitrogens with zero attached hydrogens (tertiary/aromatic N) is 1. The van der Waals surface area contributed by atoms with Crippen molar-refractivity contribution in [2.45, 2.75) is 39.3 Å². The molecule has 1 unspecified atom stereocenters. The van der Waals surface area contributed by atoms with E-state index >= 15 is 0 Å². The maximum atomic E-state index is 13.6. The van der Waals surface area contributed by atoms with Gasteiger partial charge in [-0.1, -0.05) is 89.4 Å². The first-order valence-corrected chi connectivity index (χ1v) is 11.7. The standard InChI is InChI=1S/C27H28Cl2N2O2/c1-3-30-27(33)25(15-20-9-5-4-6-10-20)31(18-22-12-13-23(28)17-24(22)29)26(32)16-21-11-7-8-19(2)14-21/h4-14,17,25H,3,15-16,18H2,1-2H3,(H,30,33). The van der Waals surface area contributed by atoms with Crippen molar-refractivity contribution in [1.29, 1.82) is 0 Å². The number of hydrogen-bond acceptors (Lipinski definition) is 2. The molecule has 3 aromatic carbocycles. The third kappa shape index (κ3) is 7.08. The van der Waals surface area contributed by atoms with Crippen LogP contribution in [0.25, 0.3) is 0 Å². The number of nitrogens with one attached hydrogen (secondary N) is 1. The van der Waals surface area contributed by atoms with E-state index in [1.807, 2.05) is 68.4 Å². The van der Waals surface area contributed by atoms with Crippen molar-refractivity contribution < 1.29 is 9.59 Å². The smallest absolute Gasteiger partial charge is 0.243 e. The highest BCUT2D eigenvalue weighted by atomic mass is 35.5. The van der Waals surface area contributed by atoms with E-state index < -0.39 is 6.04 Å². The van der Waals surface area contributed by atoms with Crippen molar-refractivity contribution in [3.05, 3.63) is 105 Å². The maximum absolute atomic E-state index is 13.6. The first-order chi connectivity index (χ1) is 15.9. The third-order valence-electron chi connectivity index (χ3n) is 5.42. The zero-order valence-electron chi connectivity index (χ0n) is 18.9. The van der Waals surface area contributed by atoms with E-state index in [4.69, 9.17) is 23.2 Å². The van der Waals surface area contributed by atoms with Gasteiger partial charge in [0.05, 0.1) is 6.42 Å². The van der Waals surface area contributed by atoms with E-state index in [1.54, 1.807) is 23.1 Å². The molecule has 1 N–H and O–H groups in total. The minimum absolute atomic E-state index is 0.140. The molecule has 4 nitrogen and oxygen atoms in total. The zero-order valence-corrected chi connectivity index (χ0v) is 20.4. The minimum atomic E-state index is -0.684. The Kier molecular flexibility index (Phi) is 8.93. The van der Waals surface area contributed by atoms with E-state index in [-0.39, 0.29) is 24.8 Å². The predicted octanol–water partition coefficient (Wildman–Crippen LogP) is 5.62. The fourth-order valence-electron chi connectivity index (χ4n) is 3.78. The van der Waals surface area contributed by atoms with Crippen LogP contribution in [0.1, 0.15) is 29.2 Å². The summed E-state index contributed by atoms with van der Waals surface area (Å²) in [6.45, 7) is 4.54. The molecule has 0 radical (unpaired) electrons. The number of aryl methyl sites for hydroxylation is 1. The molecule has 0 saturated heterocycles. The average molecular weight is 483 g/mol. The molecule has 1 atom stereocenters. The quantitative estimate of drug-likeness (QED) is 0.430. The maximum Gasteiger partial charge on any atom is 0.243 e. The fourth-order valence-corrected chi connectivity index (χ4v) is 4.25. The molecular formula is C27H28Cl2N2O2. The first-order valence-electron chi connectivity index (χ1n) is 11.0. The Labute approximate surface area is 205 Å². The lowest BCUT2D eigenvalue weighted by Crippen LogP contribution is -2.51. The monoisotopic (exact) mass is 482 g/mol. The zero-order chi connectivity index (χ0) is 23.8. The summed E-state index contributed by atoms with van der Waals surface area (Å²) < 4.78 is 0. The highest BCUT2D eigenvalue weighted by Crippen LogP contribution is 2.24. The van der Waals surface area contributed by atoms with Crippen molar-refractivity contribution in [2.75, 3.05) is 6.54 Å². The number of benzene rings is 3. The number of likely N-dealkylation sites (N-methyl/N-ethyl adjacent to an activating group) is 1. The lowest BCUT2D eigenvalue weighted by molar-refractivity contribution is -0.140. The molecule has 0 aliphatic carbocycles. The van der Waals surface area contributed by atoms with Gasteiger partial charge in [-0.3, -0.25) is 9.59 Å². The number of hydrogen-bond donors (Lipinski definition) is 1. The summed E-state index contributed by atoms with van der Waals surface area (Å²) in [6.07, 6.45) is 0.592. The fraction of sp³-hybridized carbons (Fsp3) is 0.259. The van der Waals surface area contributed by atoms with E-state index in [2.05, 4.69) is 5.32 Å². The van der Waals surface area contributed by atoms with Gasteiger partial charge in [-0.2, -0.15) is 0 Å². The number of carbonyl (C=O) groups excluding carboxylic acids is 2. The Bertz CT molecular complexity index is 1100. The molecule has 0 saturated carbocycles. The van der Waals surface area contributed by atoms with Gasteiger partial charge in [0, 0.05) is 29.6 Å². The van der Waals surface area contributed by atoms with E-state index in [0.29, 0.717) is 23.0 Å². The molecule has 6 heteroatoms. The van der Waals surface area contributed by atoms with Gasteiger partial charge >= 0.3 is 0 Å². The number of halogens is 2. The summed E-state index contributed by atoms with van der Waals surface area (Å²) in [5.41, 5.74) is 3.70. The summed E-state index contributed by atoms with van der Waals surface area (Å²) in [5, 5.41) is 3.88. The molecule has 0 aromatic heterocycles. The van der Waals surface area contributed by atoms with E-state index in [1.165, 1.54) is 0 Å². The first kappa shape index (κ1) is 24.8. The summed E-state index contributed by atoms with van der Waals surface area (Å²) >= 11 is 12.5. The Hall–Kier alpha value is -2.82. The van der Waals surface area contributed by atoms with E-state index in [0.717, 1.165) is 22.3 Å². The van der Waals surface area contributed by atoms with Crippen molar-refractivity contribution in [2.24, 2.45) is 0 Å². The molecule has 0 aliphatic heterocycles. The van der Waals surface area contributed by atoms with Gasteiger partial charge in [0.15, 0.2) is 0 Å². The molecule has 172 valence electrons. The van der Waals surface area contributed by atoms with Crippen LogP contribution in [-0.2, 0) is 29.0 Å². The highest BCUT2D eigenvalue weighted by molar-refractivity contribution is 6.35.